The zero-order valence-electron chi connectivity index (χ0n) is 15.3. The molecule has 0 saturated carbocycles. The quantitative estimate of drug-likeness (QED) is 0.797. The second-order valence-corrected chi connectivity index (χ2v) is 6.02. The van der Waals surface area contributed by atoms with E-state index in [2.05, 4.69) is 5.32 Å². The van der Waals surface area contributed by atoms with Gasteiger partial charge in [-0.05, 0) is 31.5 Å². The number of carbonyl (C=O) groups is 1. The predicted molar refractivity (Wildman–Crippen MR) is 100 cm³/mol. The summed E-state index contributed by atoms with van der Waals surface area (Å²) >= 11 is 0. The highest BCUT2D eigenvalue weighted by Crippen LogP contribution is 2.29. The SMILES string of the molecule is COc1ccc(NCC(=O)N(Cc2ccccc2)C(C)C)cc1OC. The number of hydrogen-bond acceptors (Lipinski definition) is 4. The number of carbonyl (C=O) groups excluding carboxylic acids is 1. The fourth-order valence-corrected chi connectivity index (χ4v) is 2.56. The van der Waals surface area contributed by atoms with Gasteiger partial charge in [-0.15, -0.1) is 0 Å². The summed E-state index contributed by atoms with van der Waals surface area (Å²) in [6.07, 6.45) is 0. The summed E-state index contributed by atoms with van der Waals surface area (Å²) in [7, 11) is 3.19. The first kappa shape index (κ1) is 18.6. The Morgan fingerprint density at radius 1 is 1.04 bits per heavy atom. The molecule has 1 N–H and O–H groups in total. The summed E-state index contributed by atoms with van der Waals surface area (Å²) in [5.74, 6) is 1.34. The molecule has 0 aliphatic rings. The van der Waals surface area contributed by atoms with Gasteiger partial charge in [-0.3, -0.25) is 4.79 Å². The third-order valence-corrected chi connectivity index (χ3v) is 3.97. The van der Waals surface area contributed by atoms with Crippen molar-refractivity contribution >= 4 is 11.6 Å². The number of rotatable bonds is 8. The van der Waals surface area contributed by atoms with Crippen molar-refractivity contribution in [2.24, 2.45) is 0 Å². The molecule has 1 amide bonds. The molecule has 25 heavy (non-hydrogen) atoms. The molecule has 0 atom stereocenters. The Labute approximate surface area is 149 Å². The zero-order chi connectivity index (χ0) is 18.2. The molecule has 5 heteroatoms. The van der Waals surface area contributed by atoms with Crippen LogP contribution in [0.25, 0.3) is 0 Å². The highest BCUT2D eigenvalue weighted by atomic mass is 16.5. The van der Waals surface area contributed by atoms with Crippen molar-refractivity contribution in [1.82, 2.24) is 4.90 Å². The van der Waals surface area contributed by atoms with Crippen LogP contribution in [-0.2, 0) is 11.3 Å². The minimum atomic E-state index is 0.0497. The topological polar surface area (TPSA) is 50.8 Å². The summed E-state index contributed by atoms with van der Waals surface area (Å²) in [5.41, 5.74) is 1.94. The van der Waals surface area contributed by atoms with Crippen LogP contribution < -0.4 is 14.8 Å². The Balaban J connectivity index is 2.01. The van der Waals surface area contributed by atoms with E-state index in [1.807, 2.05) is 67.3 Å². The molecule has 0 aliphatic heterocycles. The molecule has 0 unspecified atom stereocenters. The van der Waals surface area contributed by atoms with E-state index in [4.69, 9.17) is 9.47 Å². The van der Waals surface area contributed by atoms with Gasteiger partial charge in [0, 0.05) is 24.3 Å². The zero-order valence-corrected chi connectivity index (χ0v) is 15.3. The van der Waals surface area contributed by atoms with Gasteiger partial charge >= 0.3 is 0 Å². The number of benzene rings is 2. The van der Waals surface area contributed by atoms with Gasteiger partial charge in [-0.25, -0.2) is 0 Å². The van der Waals surface area contributed by atoms with Crippen molar-refractivity contribution in [2.75, 3.05) is 26.1 Å². The van der Waals surface area contributed by atoms with E-state index < -0.39 is 0 Å². The van der Waals surface area contributed by atoms with Crippen LogP contribution >= 0.6 is 0 Å². The van der Waals surface area contributed by atoms with Crippen molar-refractivity contribution in [2.45, 2.75) is 26.4 Å². The molecule has 0 spiro atoms. The summed E-state index contributed by atoms with van der Waals surface area (Å²) in [6, 6.07) is 15.6. The summed E-state index contributed by atoms with van der Waals surface area (Å²) in [5, 5.41) is 3.16. The van der Waals surface area contributed by atoms with E-state index in [0.29, 0.717) is 18.0 Å². The Morgan fingerprint density at radius 2 is 1.72 bits per heavy atom. The van der Waals surface area contributed by atoms with Gasteiger partial charge in [-0.1, -0.05) is 30.3 Å². The van der Waals surface area contributed by atoms with Gasteiger partial charge in [0.05, 0.1) is 20.8 Å². The number of nitrogens with zero attached hydrogens (tertiary/aromatic N) is 1. The highest BCUT2D eigenvalue weighted by Gasteiger charge is 2.17. The van der Waals surface area contributed by atoms with Crippen LogP contribution in [-0.4, -0.2) is 37.6 Å². The van der Waals surface area contributed by atoms with Crippen molar-refractivity contribution in [1.29, 1.82) is 0 Å². The first-order chi connectivity index (χ1) is 12.0. The summed E-state index contributed by atoms with van der Waals surface area (Å²) < 4.78 is 10.5. The van der Waals surface area contributed by atoms with Crippen LogP contribution in [0.2, 0.25) is 0 Å². The lowest BCUT2D eigenvalue weighted by Crippen LogP contribution is -2.39. The van der Waals surface area contributed by atoms with Gasteiger partial charge in [-0.2, -0.15) is 0 Å². The van der Waals surface area contributed by atoms with Gasteiger partial charge in [0.1, 0.15) is 0 Å². The summed E-state index contributed by atoms with van der Waals surface area (Å²) in [4.78, 5) is 14.5. The molecule has 134 valence electrons. The van der Waals surface area contributed by atoms with E-state index in [9.17, 15) is 4.79 Å². The monoisotopic (exact) mass is 342 g/mol. The number of anilines is 1. The Morgan fingerprint density at radius 3 is 2.32 bits per heavy atom. The molecule has 0 aromatic heterocycles. The lowest BCUT2D eigenvalue weighted by atomic mass is 10.2. The number of methoxy groups -OCH3 is 2. The second-order valence-electron chi connectivity index (χ2n) is 6.02. The number of ether oxygens (including phenoxy) is 2. The molecule has 2 aromatic carbocycles. The largest absolute Gasteiger partial charge is 0.493 e. The molecule has 0 saturated heterocycles. The summed E-state index contributed by atoms with van der Waals surface area (Å²) in [6.45, 7) is 4.87. The standard InChI is InChI=1S/C20H26N2O3/c1-15(2)22(14-16-8-6-5-7-9-16)20(23)13-21-17-10-11-18(24-3)19(12-17)25-4/h5-12,15,21H,13-14H2,1-4H3. The van der Waals surface area contributed by atoms with E-state index in [1.54, 1.807) is 14.2 Å². The van der Waals surface area contributed by atoms with E-state index in [1.165, 1.54) is 0 Å². The van der Waals surface area contributed by atoms with Crippen molar-refractivity contribution in [3.63, 3.8) is 0 Å². The maximum Gasteiger partial charge on any atom is 0.242 e. The minimum absolute atomic E-state index is 0.0497. The molecule has 5 nitrogen and oxygen atoms in total. The molecule has 2 rings (SSSR count). The van der Waals surface area contributed by atoms with Crippen LogP contribution in [0.5, 0.6) is 11.5 Å². The van der Waals surface area contributed by atoms with Crippen LogP contribution in [0.1, 0.15) is 19.4 Å². The molecule has 0 heterocycles. The van der Waals surface area contributed by atoms with Crippen molar-refractivity contribution in [3.05, 3.63) is 54.1 Å². The maximum atomic E-state index is 12.6. The van der Waals surface area contributed by atoms with E-state index in [-0.39, 0.29) is 18.5 Å². The number of nitrogens with one attached hydrogen (secondary N) is 1. The average molecular weight is 342 g/mol. The Hall–Kier alpha value is -2.69. The minimum Gasteiger partial charge on any atom is -0.493 e. The average Bonchev–Trinajstić information content (AvgIpc) is 2.64. The van der Waals surface area contributed by atoms with Gasteiger partial charge in [0.15, 0.2) is 11.5 Å². The fourth-order valence-electron chi connectivity index (χ4n) is 2.56. The molecular weight excluding hydrogens is 316 g/mol. The third kappa shape index (κ3) is 5.14. The lowest BCUT2D eigenvalue weighted by molar-refractivity contribution is -0.131. The maximum absolute atomic E-state index is 12.6. The number of hydrogen-bond donors (Lipinski definition) is 1. The normalized spacial score (nSPS) is 10.4. The van der Waals surface area contributed by atoms with Crippen LogP contribution in [0.4, 0.5) is 5.69 Å². The molecule has 0 aliphatic carbocycles. The molecule has 0 fully saturated rings. The predicted octanol–water partition coefficient (Wildman–Crippen LogP) is 3.55. The third-order valence-electron chi connectivity index (χ3n) is 3.97. The van der Waals surface area contributed by atoms with Crippen LogP contribution in [0, 0.1) is 0 Å². The van der Waals surface area contributed by atoms with E-state index in [0.717, 1.165) is 11.3 Å². The molecule has 2 aromatic rings. The first-order valence-corrected chi connectivity index (χ1v) is 8.34. The second kappa shape index (κ2) is 8.97. The number of amides is 1. The van der Waals surface area contributed by atoms with E-state index >= 15 is 0 Å². The smallest absolute Gasteiger partial charge is 0.242 e. The van der Waals surface area contributed by atoms with Gasteiger partial charge < -0.3 is 19.7 Å². The fraction of sp³-hybridized carbons (Fsp3) is 0.350. The van der Waals surface area contributed by atoms with Crippen molar-refractivity contribution in [3.8, 4) is 11.5 Å². The van der Waals surface area contributed by atoms with Crippen LogP contribution in [0.15, 0.2) is 48.5 Å². The molecule has 0 radical (unpaired) electrons. The first-order valence-electron chi connectivity index (χ1n) is 8.34. The highest BCUT2D eigenvalue weighted by molar-refractivity contribution is 5.81. The molecule has 0 bridgehead atoms. The Kier molecular flexibility index (Phi) is 6.69. The van der Waals surface area contributed by atoms with Gasteiger partial charge in [0.2, 0.25) is 5.91 Å². The lowest BCUT2D eigenvalue weighted by Gasteiger charge is -2.27. The molecular formula is C20H26N2O3. The van der Waals surface area contributed by atoms with Gasteiger partial charge in [0.25, 0.3) is 0 Å². The van der Waals surface area contributed by atoms with Crippen LogP contribution in [0.3, 0.4) is 0 Å². The van der Waals surface area contributed by atoms with Crippen molar-refractivity contribution < 1.29 is 14.3 Å². The Bertz CT molecular complexity index is 687.